The van der Waals surface area contributed by atoms with Gasteiger partial charge in [0.1, 0.15) is 0 Å². The van der Waals surface area contributed by atoms with Crippen LogP contribution in [0.15, 0.2) is 0 Å². The van der Waals surface area contributed by atoms with Crippen molar-refractivity contribution in [2.75, 3.05) is 30.5 Å². The molecule has 0 saturated heterocycles. The first-order chi connectivity index (χ1) is 7.88. The fourth-order valence-electron chi connectivity index (χ4n) is 2.55. The van der Waals surface area contributed by atoms with Crippen molar-refractivity contribution in [1.82, 2.24) is 4.90 Å². The summed E-state index contributed by atoms with van der Waals surface area (Å²) in [6.45, 7) is 4.58. The van der Waals surface area contributed by atoms with E-state index in [2.05, 4.69) is 23.6 Å². The van der Waals surface area contributed by atoms with Gasteiger partial charge in [-0.1, -0.05) is 26.2 Å². The molecule has 0 bridgehead atoms. The van der Waals surface area contributed by atoms with Gasteiger partial charge in [0.2, 0.25) is 0 Å². The summed E-state index contributed by atoms with van der Waals surface area (Å²) >= 11 is 7.96. The molecule has 0 spiro atoms. The first kappa shape index (κ1) is 14.7. The van der Waals surface area contributed by atoms with Crippen molar-refractivity contribution < 1.29 is 0 Å². The third-order valence-electron chi connectivity index (χ3n) is 3.40. The molecule has 0 aromatic rings. The number of nitrogens with zero attached hydrogens (tertiary/aromatic N) is 1. The average molecular weight is 264 g/mol. The van der Waals surface area contributed by atoms with Gasteiger partial charge in [-0.25, -0.2) is 0 Å². The van der Waals surface area contributed by atoms with Gasteiger partial charge in [-0.3, -0.25) is 4.90 Å². The summed E-state index contributed by atoms with van der Waals surface area (Å²) in [6, 6.07) is 0.833. The number of hydrogen-bond acceptors (Lipinski definition) is 2. The minimum absolute atomic E-state index is 0.789. The molecule has 0 unspecified atom stereocenters. The summed E-state index contributed by atoms with van der Waals surface area (Å²) in [5.41, 5.74) is 0. The third kappa shape index (κ3) is 5.79. The summed E-state index contributed by atoms with van der Waals surface area (Å²) in [4.78, 5) is 2.64. The van der Waals surface area contributed by atoms with E-state index in [1.165, 1.54) is 56.6 Å². The van der Waals surface area contributed by atoms with Gasteiger partial charge in [-0.15, -0.1) is 11.6 Å². The largest absolute Gasteiger partial charge is 0.299 e. The van der Waals surface area contributed by atoms with Gasteiger partial charge in [-0.2, -0.15) is 11.8 Å². The number of alkyl halides is 1. The Morgan fingerprint density at radius 2 is 1.94 bits per heavy atom. The van der Waals surface area contributed by atoms with E-state index in [0.29, 0.717) is 0 Å². The minimum Gasteiger partial charge on any atom is -0.299 e. The molecule has 1 saturated carbocycles. The second-order valence-electron chi connectivity index (χ2n) is 4.57. The van der Waals surface area contributed by atoms with Crippen LogP contribution in [0.3, 0.4) is 0 Å². The van der Waals surface area contributed by atoms with E-state index in [-0.39, 0.29) is 0 Å². The third-order valence-corrected chi connectivity index (χ3v) is 4.56. The monoisotopic (exact) mass is 263 g/mol. The number of rotatable bonds is 8. The molecular weight excluding hydrogens is 238 g/mol. The van der Waals surface area contributed by atoms with Gasteiger partial charge >= 0.3 is 0 Å². The van der Waals surface area contributed by atoms with Crippen LogP contribution in [0.4, 0.5) is 0 Å². The molecule has 96 valence electrons. The fourth-order valence-corrected chi connectivity index (χ4v) is 3.38. The van der Waals surface area contributed by atoms with Gasteiger partial charge in [0, 0.05) is 18.5 Å². The highest BCUT2D eigenvalue weighted by molar-refractivity contribution is 7.99. The number of hydrogen-bond donors (Lipinski definition) is 0. The Balaban J connectivity index is 2.22. The summed E-state index contributed by atoms with van der Waals surface area (Å²) < 4.78 is 0. The maximum atomic E-state index is 5.91. The molecule has 0 aromatic carbocycles. The highest BCUT2D eigenvalue weighted by atomic mass is 35.5. The molecule has 1 nitrogen and oxygen atoms in total. The normalized spacial score (nSPS) is 18.2. The van der Waals surface area contributed by atoms with Gasteiger partial charge < -0.3 is 0 Å². The van der Waals surface area contributed by atoms with E-state index < -0.39 is 0 Å². The lowest BCUT2D eigenvalue weighted by Crippen LogP contribution is -2.39. The molecule has 1 aliphatic rings. The van der Waals surface area contributed by atoms with E-state index in [1.807, 2.05) is 0 Å². The van der Waals surface area contributed by atoms with Crippen LogP contribution < -0.4 is 0 Å². The van der Waals surface area contributed by atoms with Crippen molar-refractivity contribution in [2.45, 2.75) is 51.5 Å². The average Bonchev–Trinajstić information content (AvgIpc) is 2.34. The van der Waals surface area contributed by atoms with Crippen molar-refractivity contribution in [3.8, 4) is 0 Å². The van der Waals surface area contributed by atoms with Gasteiger partial charge in [0.25, 0.3) is 0 Å². The standard InChI is InChI=1S/C13H26ClNS/c1-2-16-12-6-10-15(11-9-14)13-7-4-3-5-8-13/h13H,2-12H2,1H3. The maximum Gasteiger partial charge on any atom is 0.0351 e. The molecule has 1 rings (SSSR count). The molecule has 0 aromatic heterocycles. The quantitative estimate of drug-likeness (QED) is 0.481. The Morgan fingerprint density at radius 3 is 2.56 bits per heavy atom. The Hall–Kier alpha value is 0.600. The smallest absolute Gasteiger partial charge is 0.0351 e. The van der Waals surface area contributed by atoms with E-state index in [0.717, 1.165) is 18.5 Å². The SMILES string of the molecule is CCSCCCN(CCCl)C1CCCCC1. The Kier molecular flexibility index (Phi) is 8.81. The molecule has 0 atom stereocenters. The Morgan fingerprint density at radius 1 is 1.19 bits per heavy atom. The van der Waals surface area contributed by atoms with Crippen LogP contribution in [0.5, 0.6) is 0 Å². The van der Waals surface area contributed by atoms with Crippen molar-refractivity contribution in [2.24, 2.45) is 0 Å². The molecular formula is C13H26ClNS. The van der Waals surface area contributed by atoms with Crippen LogP contribution >= 0.6 is 23.4 Å². The number of halogens is 1. The second kappa shape index (κ2) is 9.61. The zero-order valence-corrected chi connectivity index (χ0v) is 12.2. The van der Waals surface area contributed by atoms with E-state index >= 15 is 0 Å². The summed E-state index contributed by atoms with van der Waals surface area (Å²) in [5.74, 6) is 3.35. The van der Waals surface area contributed by atoms with Gasteiger partial charge in [0.15, 0.2) is 0 Å². The lowest BCUT2D eigenvalue weighted by molar-refractivity contribution is 0.165. The molecule has 1 aliphatic carbocycles. The maximum absolute atomic E-state index is 5.91. The van der Waals surface area contributed by atoms with Crippen molar-refractivity contribution in [1.29, 1.82) is 0 Å². The lowest BCUT2D eigenvalue weighted by atomic mass is 9.94. The molecule has 1 fully saturated rings. The summed E-state index contributed by atoms with van der Waals surface area (Å²) in [5, 5.41) is 0. The van der Waals surface area contributed by atoms with E-state index in [4.69, 9.17) is 11.6 Å². The van der Waals surface area contributed by atoms with Crippen LogP contribution in [-0.2, 0) is 0 Å². The topological polar surface area (TPSA) is 3.24 Å². The highest BCUT2D eigenvalue weighted by Gasteiger charge is 2.19. The molecule has 0 N–H and O–H groups in total. The van der Waals surface area contributed by atoms with Crippen LogP contribution in [0, 0.1) is 0 Å². The van der Waals surface area contributed by atoms with E-state index in [9.17, 15) is 0 Å². The second-order valence-corrected chi connectivity index (χ2v) is 6.34. The lowest BCUT2D eigenvalue weighted by Gasteiger charge is -2.33. The van der Waals surface area contributed by atoms with Crippen molar-refractivity contribution >= 4 is 23.4 Å². The first-order valence-corrected chi connectivity index (χ1v) is 8.45. The zero-order valence-electron chi connectivity index (χ0n) is 10.6. The van der Waals surface area contributed by atoms with Crippen LogP contribution in [0.1, 0.15) is 45.4 Å². The number of thioether (sulfide) groups is 1. The Labute approximate surface area is 110 Å². The van der Waals surface area contributed by atoms with Crippen LogP contribution in [0.2, 0.25) is 0 Å². The molecule has 3 heteroatoms. The molecule has 16 heavy (non-hydrogen) atoms. The molecule has 0 amide bonds. The van der Waals surface area contributed by atoms with Gasteiger partial charge in [-0.05, 0) is 37.3 Å². The van der Waals surface area contributed by atoms with Crippen LogP contribution in [0.25, 0.3) is 0 Å². The van der Waals surface area contributed by atoms with Gasteiger partial charge in [0.05, 0.1) is 0 Å². The summed E-state index contributed by atoms with van der Waals surface area (Å²) in [7, 11) is 0. The van der Waals surface area contributed by atoms with E-state index in [1.54, 1.807) is 0 Å². The molecule has 0 radical (unpaired) electrons. The van der Waals surface area contributed by atoms with Crippen molar-refractivity contribution in [3.63, 3.8) is 0 Å². The predicted octanol–water partition coefficient (Wildman–Crippen LogP) is 4.00. The minimum atomic E-state index is 0.789. The van der Waals surface area contributed by atoms with Crippen LogP contribution in [-0.4, -0.2) is 41.4 Å². The molecule has 0 aliphatic heterocycles. The highest BCUT2D eigenvalue weighted by Crippen LogP contribution is 2.22. The first-order valence-electron chi connectivity index (χ1n) is 6.76. The summed E-state index contributed by atoms with van der Waals surface area (Å²) in [6.07, 6.45) is 8.42. The van der Waals surface area contributed by atoms with Crippen molar-refractivity contribution in [3.05, 3.63) is 0 Å². The predicted molar refractivity (Wildman–Crippen MR) is 76.8 cm³/mol. The fraction of sp³-hybridized carbons (Fsp3) is 1.00. The molecule has 0 heterocycles. The Bertz CT molecular complexity index is 160. The zero-order chi connectivity index (χ0) is 11.6.